The molecule has 9 heteroatoms. The van der Waals surface area contributed by atoms with Crippen LogP contribution >= 0.6 is 0 Å². The van der Waals surface area contributed by atoms with Crippen LogP contribution in [-0.2, 0) is 6.54 Å². The van der Waals surface area contributed by atoms with Crippen LogP contribution in [0.4, 0.5) is 4.39 Å². The molecule has 3 heterocycles. The van der Waals surface area contributed by atoms with E-state index in [1.54, 1.807) is 12.3 Å². The van der Waals surface area contributed by atoms with E-state index in [1.165, 1.54) is 35.6 Å². The van der Waals surface area contributed by atoms with Crippen molar-refractivity contribution in [3.63, 3.8) is 0 Å². The van der Waals surface area contributed by atoms with Crippen LogP contribution in [-0.4, -0.2) is 29.7 Å². The molecule has 1 aliphatic carbocycles. The van der Waals surface area contributed by atoms with Gasteiger partial charge in [0.25, 0.3) is 5.56 Å². The van der Waals surface area contributed by atoms with Crippen LogP contribution in [0, 0.1) is 5.82 Å². The molecule has 0 aliphatic heterocycles. The number of nitrogens with zero attached hydrogens (tertiary/aromatic N) is 4. The Labute approximate surface area is 177 Å². The van der Waals surface area contributed by atoms with E-state index in [0.717, 1.165) is 25.1 Å². The number of imidazole rings is 1. The van der Waals surface area contributed by atoms with Crippen LogP contribution in [0.5, 0.6) is 11.8 Å². The van der Waals surface area contributed by atoms with Crippen molar-refractivity contribution in [2.75, 3.05) is 0 Å². The van der Waals surface area contributed by atoms with Crippen molar-refractivity contribution in [1.82, 2.24) is 29.7 Å². The largest absolute Gasteiger partial charge is 0.425 e. The molecule has 0 spiro atoms. The Morgan fingerprint density at radius 2 is 2.06 bits per heavy atom. The molecule has 8 nitrogen and oxygen atoms in total. The molecule has 0 atom stereocenters. The molecule has 1 aromatic carbocycles. The highest BCUT2D eigenvalue weighted by molar-refractivity contribution is 5.71. The summed E-state index contributed by atoms with van der Waals surface area (Å²) in [6, 6.07) is 6.04. The molecule has 0 radical (unpaired) electrons. The molecule has 0 unspecified atom stereocenters. The molecule has 0 saturated heterocycles. The zero-order valence-electron chi connectivity index (χ0n) is 17.2. The highest BCUT2D eigenvalue weighted by Crippen LogP contribution is 2.34. The minimum absolute atomic E-state index is 0.135. The standard InChI is InChI=1S/C22H23FN6O2/c1-2-11-29-21(30)18-20(26-19(25-18)13-5-3-4-6-13)27-22(29)31-17-8-7-14(23)12-15(17)16-9-10-24-28-16/h7-10,12-13H,2-6,11H2,1H3,(H,24,28)(H,25,26). The lowest BCUT2D eigenvalue weighted by Crippen LogP contribution is -2.23. The molecule has 1 aliphatic rings. The average Bonchev–Trinajstić information content (AvgIpc) is 3.53. The average molecular weight is 422 g/mol. The summed E-state index contributed by atoms with van der Waals surface area (Å²) < 4.78 is 21.5. The van der Waals surface area contributed by atoms with Crippen molar-refractivity contribution in [2.24, 2.45) is 0 Å². The van der Waals surface area contributed by atoms with Gasteiger partial charge in [0.15, 0.2) is 11.2 Å². The minimum Gasteiger partial charge on any atom is -0.425 e. The zero-order chi connectivity index (χ0) is 21.4. The van der Waals surface area contributed by atoms with Gasteiger partial charge in [-0.15, -0.1) is 0 Å². The first kappa shape index (κ1) is 19.5. The van der Waals surface area contributed by atoms with Crippen LogP contribution < -0.4 is 10.3 Å². The third kappa shape index (κ3) is 3.60. The minimum atomic E-state index is -0.403. The number of halogens is 1. The monoisotopic (exact) mass is 422 g/mol. The molecule has 0 bridgehead atoms. The SMILES string of the molecule is CCCn1c(Oc2ccc(F)cc2-c2ccn[nH]2)nc2nc(C3CCCC3)[nH]c2c1=O. The number of hydrogen-bond acceptors (Lipinski definition) is 5. The maximum Gasteiger partial charge on any atom is 0.306 e. The van der Waals surface area contributed by atoms with Crippen LogP contribution in [0.15, 0.2) is 35.3 Å². The maximum absolute atomic E-state index is 13.9. The van der Waals surface area contributed by atoms with E-state index >= 15 is 0 Å². The van der Waals surface area contributed by atoms with E-state index in [1.807, 2.05) is 6.92 Å². The van der Waals surface area contributed by atoms with E-state index in [9.17, 15) is 9.18 Å². The van der Waals surface area contributed by atoms with Crippen LogP contribution in [0.3, 0.4) is 0 Å². The summed E-state index contributed by atoms with van der Waals surface area (Å²) >= 11 is 0. The first-order chi connectivity index (χ1) is 15.1. The molecular weight excluding hydrogens is 399 g/mol. The predicted molar refractivity (Wildman–Crippen MR) is 114 cm³/mol. The summed E-state index contributed by atoms with van der Waals surface area (Å²) in [6.07, 6.45) is 6.78. The quantitative estimate of drug-likeness (QED) is 0.476. The van der Waals surface area contributed by atoms with E-state index in [4.69, 9.17) is 4.74 Å². The smallest absolute Gasteiger partial charge is 0.306 e. The van der Waals surface area contributed by atoms with Gasteiger partial charge in [-0.25, -0.2) is 9.37 Å². The number of nitrogens with one attached hydrogen (secondary N) is 2. The first-order valence-corrected chi connectivity index (χ1v) is 10.6. The van der Waals surface area contributed by atoms with Gasteiger partial charge in [0.1, 0.15) is 17.4 Å². The maximum atomic E-state index is 13.9. The summed E-state index contributed by atoms with van der Waals surface area (Å²) in [4.78, 5) is 25.6. The molecule has 31 heavy (non-hydrogen) atoms. The number of aromatic nitrogens is 6. The fourth-order valence-electron chi connectivity index (χ4n) is 4.18. The Kier molecular flexibility index (Phi) is 5.01. The fraction of sp³-hybridized carbons (Fsp3) is 0.364. The number of fused-ring (bicyclic) bond motifs is 1. The van der Waals surface area contributed by atoms with Crippen molar-refractivity contribution >= 4 is 11.2 Å². The number of hydrogen-bond donors (Lipinski definition) is 2. The van der Waals surface area contributed by atoms with E-state index in [0.29, 0.717) is 40.6 Å². The van der Waals surface area contributed by atoms with Gasteiger partial charge in [-0.05, 0) is 43.5 Å². The van der Waals surface area contributed by atoms with Crippen molar-refractivity contribution in [2.45, 2.75) is 51.5 Å². The number of ether oxygens (including phenoxy) is 1. The van der Waals surface area contributed by atoms with Crippen LogP contribution in [0.25, 0.3) is 22.4 Å². The van der Waals surface area contributed by atoms with Crippen LogP contribution in [0.2, 0.25) is 0 Å². The Balaban J connectivity index is 1.61. The number of aromatic amines is 2. The van der Waals surface area contributed by atoms with Gasteiger partial charge >= 0.3 is 6.01 Å². The van der Waals surface area contributed by atoms with Gasteiger partial charge < -0.3 is 9.72 Å². The summed E-state index contributed by atoms with van der Waals surface area (Å²) in [7, 11) is 0. The van der Waals surface area contributed by atoms with E-state index < -0.39 is 5.82 Å². The lowest BCUT2D eigenvalue weighted by Gasteiger charge is -2.14. The topological polar surface area (TPSA) is 101 Å². The number of benzene rings is 1. The molecule has 4 aromatic rings. The van der Waals surface area contributed by atoms with Crippen LogP contribution in [0.1, 0.15) is 50.8 Å². The van der Waals surface area contributed by atoms with E-state index in [-0.39, 0.29) is 11.6 Å². The van der Waals surface area contributed by atoms with Crippen molar-refractivity contribution in [1.29, 1.82) is 0 Å². The number of rotatable bonds is 6. The highest BCUT2D eigenvalue weighted by atomic mass is 19.1. The van der Waals surface area contributed by atoms with E-state index in [2.05, 4.69) is 25.1 Å². The second kappa shape index (κ2) is 7.98. The highest BCUT2D eigenvalue weighted by Gasteiger charge is 2.23. The second-order valence-corrected chi connectivity index (χ2v) is 7.87. The Morgan fingerprint density at radius 3 is 2.81 bits per heavy atom. The lowest BCUT2D eigenvalue weighted by atomic mass is 10.1. The molecule has 2 N–H and O–H groups in total. The second-order valence-electron chi connectivity index (χ2n) is 7.87. The van der Waals surface area contributed by atoms with Gasteiger partial charge in [0.05, 0.1) is 5.69 Å². The van der Waals surface area contributed by atoms with Crippen molar-refractivity contribution in [3.8, 4) is 23.0 Å². The Hall–Kier alpha value is -3.49. The fourth-order valence-corrected chi connectivity index (χ4v) is 4.18. The first-order valence-electron chi connectivity index (χ1n) is 10.6. The summed E-state index contributed by atoms with van der Waals surface area (Å²) in [5.41, 5.74) is 1.62. The van der Waals surface area contributed by atoms with Crippen molar-refractivity contribution in [3.05, 3.63) is 52.5 Å². The summed E-state index contributed by atoms with van der Waals surface area (Å²) in [5, 5.41) is 6.75. The molecule has 160 valence electrons. The molecule has 3 aromatic heterocycles. The Morgan fingerprint density at radius 1 is 1.23 bits per heavy atom. The van der Waals surface area contributed by atoms with Crippen molar-refractivity contribution < 1.29 is 9.13 Å². The Bertz CT molecular complexity index is 1270. The third-order valence-corrected chi connectivity index (χ3v) is 5.72. The number of H-pyrrole nitrogens is 2. The predicted octanol–water partition coefficient (Wildman–Crippen LogP) is 4.51. The normalized spacial score (nSPS) is 14.5. The summed E-state index contributed by atoms with van der Waals surface area (Å²) in [6.45, 7) is 2.42. The van der Waals surface area contributed by atoms with Gasteiger partial charge in [-0.1, -0.05) is 19.8 Å². The van der Waals surface area contributed by atoms with Gasteiger partial charge in [-0.2, -0.15) is 10.1 Å². The lowest BCUT2D eigenvalue weighted by molar-refractivity contribution is 0.398. The summed E-state index contributed by atoms with van der Waals surface area (Å²) in [5.74, 6) is 1.12. The molecule has 1 fully saturated rings. The molecule has 1 saturated carbocycles. The van der Waals surface area contributed by atoms with Gasteiger partial charge in [0.2, 0.25) is 0 Å². The van der Waals surface area contributed by atoms with Gasteiger partial charge in [-0.3, -0.25) is 14.5 Å². The van der Waals surface area contributed by atoms with Gasteiger partial charge in [0, 0.05) is 24.2 Å². The molecule has 0 amide bonds. The zero-order valence-corrected chi connectivity index (χ0v) is 17.2. The third-order valence-electron chi connectivity index (χ3n) is 5.72. The molecule has 5 rings (SSSR count). The molecular formula is C22H23FN6O2.